The fourth-order valence-corrected chi connectivity index (χ4v) is 3.20. The number of carbonyl (C=O) groups is 3. The third kappa shape index (κ3) is 5.50. The number of rotatable bonds is 7. The number of ketones is 1. The molecule has 1 amide bonds. The number of esters is 1. The maximum absolute atomic E-state index is 13.0. The Balaban J connectivity index is 2.36. The summed E-state index contributed by atoms with van der Waals surface area (Å²) in [5.74, 6) is -2.59. The van der Waals surface area contributed by atoms with Crippen molar-refractivity contribution in [3.8, 4) is 5.69 Å². The Morgan fingerprint density at radius 1 is 1.19 bits per heavy atom. The standard InChI is InChI=1S/C21H24F3N3O4/c1-11(2)9-16(20(30)31-5)25-19(29)18(28)17-12(3)26-27(13(17)4)15-8-6-7-14(10-15)21(22,23)24/h6-8,10-11,16H,9H2,1-5H3,(H,25,29). The summed E-state index contributed by atoms with van der Waals surface area (Å²) in [7, 11) is 1.18. The number of benzene rings is 1. The Morgan fingerprint density at radius 2 is 1.84 bits per heavy atom. The first-order chi connectivity index (χ1) is 14.4. The summed E-state index contributed by atoms with van der Waals surface area (Å²) in [4.78, 5) is 37.3. The highest BCUT2D eigenvalue weighted by Gasteiger charge is 2.32. The van der Waals surface area contributed by atoms with E-state index in [0.29, 0.717) is 0 Å². The van der Waals surface area contributed by atoms with Crippen LogP contribution in [0.2, 0.25) is 0 Å². The first kappa shape index (κ1) is 24.1. The molecule has 1 unspecified atom stereocenters. The third-order valence-electron chi connectivity index (χ3n) is 4.64. The topological polar surface area (TPSA) is 90.3 Å². The van der Waals surface area contributed by atoms with E-state index in [0.717, 1.165) is 12.1 Å². The molecular weight excluding hydrogens is 415 g/mol. The largest absolute Gasteiger partial charge is 0.467 e. The average Bonchev–Trinajstić information content (AvgIpc) is 2.99. The van der Waals surface area contributed by atoms with Crippen molar-refractivity contribution in [1.29, 1.82) is 0 Å². The van der Waals surface area contributed by atoms with Crippen LogP contribution >= 0.6 is 0 Å². The number of methoxy groups -OCH3 is 1. The highest BCUT2D eigenvalue weighted by molar-refractivity contribution is 6.43. The zero-order chi connectivity index (χ0) is 23.5. The minimum absolute atomic E-state index is 0.0388. The van der Waals surface area contributed by atoms with E-state index in [4.69, 9.17) is 0 Å². The van der Waals surface area contributed by atoms with Crippen molar-refractivity contribution in [2.75, 3.05) is 7.11 Å². The molecular formula is C21H24F3N3O4. The van der Waals surface area contributed by atoms with Crippen molar-refractivity contribution in [3.05, 3.63) is 46.8 Å². The number of hydrogen-bond donors (Lipinski definition) is 1. The molecule has 0 spiro atoms. The van der Waals surface area contributed by atoms with Crippen molar-refractivity contribution in [2.45, 2.75) is 46.3 Å². The van der Waals surface area contributed by atoms with Gasteiger partial charge in [0.2, 0.25) is 0 Å². The zero-order valence-electron chi connectivity index (χ0n) is 17.8. The summed E-state index contributed by atoms with van der Waals surface area (Å²) < 4.78 is 45.0. The van der Waals surface area contributed by atoms with Crippen LogP contribution in [0.3, 0.4) is 0 Å². The summed E-state index contributed by atoms with van der Waals surface area (Å²) in [6, 6.07) is 3.48. The van der Waals surface area contributed by atoms with Gasteiger partial charge in [0.15, 0.2) is 0 Å². The Morgan fingerprint density at radius 3 is 2.39 bits per heavy atom. The number of nitrogens with zero attached hydrogens (tertiary/aromatic N) is 2. The lowest BCUT2D eigenvalue weighted by molar-refractivity contribution is -0.145. The van der Waals surface area contributed by atoms with Crippen molar-refractivity contribution >= 4 is 17.7 Å². The molecule has 0 aliphatic rings. The predicted molar refractivity (Wildman–Crippen MR) is 106 cm³/mol. The number of aromatic nitrogens is 2. The molecule has 7 nitrogen and oxygen atoms in total. The molecule has 0 saturated carbocycles. The van der Waals surface area contributed by atoms with E-state index in [2.05, 4.69) is 15.2 Å². The van der Waals surface area contributed by atoms with E-state index in [1.165, 1.54) is 37.8 Å². The molecule has 0 fully saturated rings. The average molecular weight is 439 g/mol. The number of alkyl halides is 3. The molecule has 0 saturated heterocycles. The van der Waals surface area contributed by atoms with E-state index in [1.807, 2.05) is 13.8 Å². The van der Waals surface area contributed by atoms with Crippen molar-refractivity contribution < 1.29 is 32.3 Å². The SMILES string of the molecule is COC(=O)C(CC(C)C)NC(=O)C(=O)c1c(C)nn(-c2cccc(C(F)(F)F)c2)c1C. The smallest absolute Gasteiger partial charge is 0.416 e. The van der Waals surface area contributed by atoms with Gasteiger partial charge in [0.1, 0.15) is 6.04 Å². The normalized spacial score (nSPS) is 12.5. The van der Waals surface area contributed by atoms with Gasteiger partial charge in [-0.15, -0.1) is 0 Å². The molecule has 2 rings (SSSR count). The molecule has 0 bridgehead atoms. The second kappa shape index (κ2) is 9.32. The molecule has 10 heteroatoms. The lowest BCUT2D eigenvalue weighted by atomic mass is 10.0. The van der Waals surface area contributed by atoms with Gasteiger partial charge in [-0.3, -0.25) is 9.59 Å². The number of amides is 1. The summed E-state index contributed by atoms with van der Waals surface area (Å²) >= 11 is 0. The van der Waals surface area contributed by atoms with Gasteiger partial charge in [0.05, 0.1) is 35.3 Å². The lowest BCUT2D eigenvalue weighted by Crippen LogP contribution is -2.45. The second-order valence-corrected chi connectivity index (χ2v) is 7.51. The van der Waals surface area contributed by atoms with Crippen LogP contribution in [0.1, 0.15) is 47.6 Å². The molecule has 0 aliphatic heterocycles. The second-order valence-electron chi connectivity index (χ2n) is 7.51. The predicted octanol–water partition coefficient (Wildman–Crippen LogP) is 3.39. The summed E-state index contributed by atoms with van der Waals surface area (Å²) in [6.45, 7) is 6.64. The highest BCUT2D eigenvalue weighted by Crippen LogP contribution is 2.31. The molecule has 1 atom stereocenters. The van der Waals surface area contributed by atoms with Gasteiger partial charge in [-0.05, 0) is 44.4 Å². The van der Waals surface area contributed by atoms with Crippen molar-refractivity contribution in [2.24, 2.45) is 5.92 Å². The molecule has 0 aliphatic carbocycles. The summed E-state index contributed by atoms with van der Waals surface area (Å²) in [5.41, 5.74) is -0.424. The van der Waals surface area contributed by atoms with Crippen LogP contribution in [0.25, 0.3) is 5.69 Å². The Labute approximate surface area is 177 Å². The van der Waals surface area contributed by atoms with Crippen molar-refractivity contribution in [3.63, 3.8) is 0 Å². The third-order valence-corrected chi connectivity index (χ3v) is 4.64. The molecule has 31 heavy (non-hydrogen) atoms. The van der Waals surface area contributed by atoms with E-state index >= 15 is 0 Å². The maximum Gasteiger partial charge on any atom is 0.416 e. The maximum atomic E-state index is 13.0. The molecule has 168 valence electrons. The van der Waals surface area contributed by atoms with Gasteiger partial charge in [0, 0.05) is 0 Å². The van der Waals surface area contributed by atoms with Gasteiger partial charge >= 0.3 is 12.1 Å². The zero-order valence-corrected chi connectivity index (χ0v) is 17.8. The number of carbonyl (C=O) groups excluding carboxylic acids is 3. The summed E-state index contributed by atoms with van der Waals surface area (Å²) in [6.07, 6.45) is -4.27. The van der Waals surface area contributed by atoms with Crippen LogP contribution in [0.5, 0.6) is 0 Å². The fourth-order valence-electron chi connectivity index (χ4n) is 3.20. The summed E-state index contributed by atoms with van der Waals surface area (Å²) in [5, 5.41) is 6.52. The van der Waals surface area contributed by atoms with E-state index in [-0.39, 0.29) is 35.0 Å². The number of Topliss-reactive ketones (excluding diaryl/α,β-unsaturated/α-hetero) is 1. The lowest BCUT2D eigenvalue weighted by Gasteiger charge is -2.17. The fraction of sp³-hybridized carbons (Fsp3) is 0.429. The number of nitrogens with one attached hydrogen (secondary N) is 1. The van der Waals surface area contributed by atoms with Gasteiger partial charge in [-0.2, -0.15) is 18.3 Å². The Hall–Kier alpha value is -3.17. The number of ether oxygens (including phenoxy) is 1. The van der Waals surface area contributed by atoms with Gasteiger partial charge < -0.3 is 10.1 Å². The Kier molecular flexibility index (Phi) is 7.24. The van der Waals surface area contributed by atoms with Crippen LogP contribution in [0.15, 0.2) is 24.3 Å². The van der Waals surface area contributed by atoms with E-state index in [9.17, 15) is 27.6 Å². The van der Waals surface area contributed by atoms with Crippen LogP contribution in [-0.2, 0) is 20.5 Å². The highest BCUT2D eigenvalue weighted by atomic mass is 19.4. The molecule has 2 aromatic rings. The first-order valence-corrected chi connectivity index (χ1v) is 9.53. The van der Waals surface area contributed by atoms with Crippen LogP contribution in [0.4, 0.5) is 13.2 Å². The number of hydrogen-bond acceptors (Lipinski definition) is 5. The monoisotopic (exact) mass is 439 g/mol. The molecule has 1 aromatic carbocycles. The van der Waals surface area contributed by atoms with Crippen molar-refractivity contribution in [1.82, 2.24) is 15.1 Å². The minimum atomic E-state index is -4.54. The van der Waals surface area contributed by atoms with Gasteiger partial charge in [-0.25, -0.2) is 9.48 Å². The molecule has 1 aromatic heterocycles. The molecule has 1 heterocycles. The van der Waals surface area contributed by atoms with Crippen LogP contribution in [0, 0.1) is 19.8 Å². The molecule has 1 N–H and O–H groups in total. The molecule has 0 radical (unpaired) electrons. The Bertz CT molecular complexity index is 996. The van der Waals surface area contributed by atoms with Crippen LogP contribution < -0.4 is 5.32 Å². The quantitative estimate of drug-likeness (QED) is 0.406. The van der Waals surface area contributed by atoms with E-state index in [1.54, 1.807) is 0 Å². The van der Waals surface area contributed by atoms with Gasteiger partial charge in [-0.1, -0.05) is 19.9 Å². The number of aryl methyl sites for hydroxylation is 1. The van der Waals surface area contributed by atoms with Gasteiger partial charge in [0.25, 0.3) is 11.7 Å². The van der Waals surface area contributed by atoms with E-state index < -0.39 is 35.4 Å². The first-order valence-electron chi connectivity index (χ1n) is 9.53. The minimum Gasteiger partial charge on any atom is -0.467 e. The van der Waals surface area contributed by atoms with Crippen LogP contribution in [-0.4, -0.2) is 40.6 Å². The number of halogens is 3.